The summed E-state index contributed by atoms with van der Waals surface area (Å²) in [6.45, 7) is 7.79. The van der Waals surface area contributed by atoms with Crippen molar-refractivity contribution < 1.29 is 28.8 Å². The largest absolute Gasteiger partial charge is 0.483 e. The van der Waals surface area contributed by atoms with Crippen molar-refractivity contribution in [2.75, 3.05) is 26.2 Å². The molecule has 5 rings (SSSR count). The molecule has 2 aromatic heterocycles. The standard InChI is InChI=1S/C31H41N7O4.CH2O2/c1-20(2)13-17-38-24-11-12-26-25(19-24)28(34-36(26)4)30(40)32-14-7-16-37(15-6-10-27(38)39)31(41)23-9-5-8-22(18-23)29-33-21(3)42-35-29;2-1-3/h5,8-9,18,20,24H,6-7,10-17,19H2,1-4H3,(H,32,40);1H,(H,2,3). The summed E-state index contributed by atoms with van der Waals surface area (Å²) in [7, 11) is 1.88. The van der Waals surface area contributed by atoms with E-state index in [0.29, 0.717) is 86.3 Å². The van der Waals surface area contributed by atoms with Gasteiger partial charge in [-0.25, -0.2) is 0 Å². The van der Waals surface area contributed by atoms with Crippen LogP contribution in [-0.4, -0.2) is 91.2 Å². The monoisotopic (exact) mass is 621 g/mol. The molecule has 13 heteroatoms. The molecule has 2 aliphatic rings. The lowest BCUT2D eigenvalue weighted by Crippen LogP contribution is -2.45. The molecular weight excluding hydrogens is 578 g/mol. The SMILES string of the molecule is Cc1nc(-c2cccc(C(=O)N3CCCNC(=O)c4nn(C)c5c4CC(CC5)N(CCC(C)C)C(=O)CCC3)c2)no1.O=CO. The zero-order valence-electron chi connectivity index (χ0n) is 26.5. The summed E-state index contributed by atoms with van der Waals surface area (Å²) in [5.41, 5.74) is 3.69. The van der Waals surface area contributed by atoms with Gasteiger partial charge in [-0.1, -0.05) is 31.1 Å². The van der Waals surface area contributed by atoms with Gasteiger partial charge in [0.05, 0.1) is 0 Å². The Morgan fingerprint density at radius 3 is 2.67 bits per heavy atom. The van der Waals surface area contributed by atoms with Gasteiger partial charge in [-0.15, -0.1) is 0 Å². The Hall–Kier alpha value is -4.55. The Labute approximate surface area is 263 Å². The van der Waals surface area contributed by atoms with Crippen LogP contribution < -0.4 is 5.32 Å². The van der Waals surface area contributed by atoms with E-state index >= 15 is 0 Å². The second kappa shape index (κ2) is 15.4. The molecule has 1 aromatic carbocycles. The third-order valence-corrected chi connectivity index (χ3v) is 8.24. The number of nitrogens with one attached hydrogen (secondary N) is 1. The quantitative estimate of drug-likeness (QED) is 0.407. The molecule has 2 N–H and O–H groups in total. The number of carbonyl (C=O) groups is 4. The van der Waals surface area contributed by atoms with Crippen molar-refractivity contribution in [2.24, 2.45) is 13.0 Å². The Balaban J connectivity index is 0.00000148. The summed E-state index contributed by atoms with van der Waals surface area (Å²) in [6.07, 6.45) is 4.69. The van der Waals surface area contributed by atoms with E-state index in [2.05, 4.69) is 34.4 Å². The lowest BCUT2D eigenvalue weighted by Gasteiger charge is -2.35. The fourth-order valence-corrected chi connectivity index (χ4v) is 5.95. The Bertz CT molecular complexity index is 1500. The fraction of sp³-hybridized carbons (Fsp3) is 0.531. The second-order valence-corrected chi connectivity index (χ2v) is 11.9. The summed E-state index contributed by atoms with van der Waals surface area (Å²) in [6, 6.07) is 7.21. The molecule has 2 bridgehead atoms. The second-order valence-electron chi connectivity index (χ2n) is 11.9. The van der Waals surface area contributed by atoms with E-state index in [9.17, 15) is 14.4 Å². The highest BCUT2D eigenvalue weighted by Crippen LogP contribution is 2.28. The first-order valence-corrected chi connectivity index (χ1v) is 15.5. The third kappa shape index (κ3) is 8.34. The van der Waals surface area contributed by atoms with E-state index in [0.717, 1.165) is 30.5 Å². The van der Waals surface area contributed by atoms with Gasteiger partial charge in [-0.3, -0.25) is 23.9 Å². The van der Waals surface area contributed by atoms with Crippen LogP contribution in [0.15, 0.2) is 28.8 Å². The molecule has 1 aliphatic heterocycles. The number of hydrogen-bond acceptors (Lipinski definition) is 8. The third-order valence-electron chi connectivity index (χ3n) is 8.24. The number of fused-ring (bicyclic) bond motifs is 1. The summed E-state index contributed by atoms with van der Waals surface area (Å²) in [5.74, 6) is 1.11. The molecule has 1 atom stereocenters. The van der Waals surface area contributed by atoms with Gasteiger partial charge in [0.1, 0.15) is 0 Å². The van der Waals surface area contributed by atoms with E-state index in [-0.39, 0.29) is 30.2 Å². The predicted octanol–water partition coefficient (Wildman–Crippen LogP) is 3.27. The van der Waals surface area contributed by atoms with Gasteiger partial charge >= 0.3 is 0 Å². The Morgan fingerprint density at radius 2 is 1.96 bits per heavy atom. The number of aryl methyl sites for hydroxylation is 2. The number of benzene rings is 1. The molecule has 0 saturated heterocycles. The van der Waals surface area contributed by atoms with E-state index in [1.807, 2.05) is 22.7 Å². The molecule has 3 aromatic rings. The van der Waals surface area contributed by atoms with Crippen LogP contribution in [0.25, 0.3) is 11.4 Å². The molecule has 242 valence electrons. The first-order chi connectivity index (χ1) is 21.6. The number of amides is 3. The summed E-state index contributed by atoms with van der Waals surface area (Å²) in [4.78, 5) is 57.1. The first-order valence-electron chi connectivity index (χ1n) is 15.5. The van der Waals surface area contributed by atoms with E-state index in [1.54, 1.807) is 30.0 Å². The lowest BCUT2D eigenvalue weighted by atomic mass is 9.89. The van der Waals surface area contributed by atoms with Gasteiger partial charge in [0, 0.05) is 75.0 Å². The van der Waals surface area contributed by atoms with Gasteiger partial charge in [0.25, 0.3) is 18.3 Å². The van der Waals surface area contributed by atoms with Crippen molar-refractivity contribution in [2.45, 2.75) is 71.8 Å². The summed E-state index contributed by atoms with van der Waals surface area (Å²) >= 11 is 0. The summed E-state index contributed by atoms with van der Waals surface area (Å²) in [5, 5.41) is 18.5. The summed E-state index contributed by atoms with van der Waals surface area (Å²) < 4.78 is 6.92. The highest BCUT2D eigenvalue weighted by Gasteiger charge is 2.33. The van der Waals surface area contributed by atoms with Crippen LogP contribution in [0.4, 0.5) is 0 Å². The minimum absolute atomic E-state index is 0.0267. The van der Waals surface area contributed by atoms with Crippen molar-refractivity contribution in [1.82, 2.24) is 35.0 Å². The van der Waals surface area contributed by atoms with Crippen LogP contribution in [0.2, 0.25) is 0 Å². The van der Waals surface area contributed by atoms with Crippen molar-refractivity contribution in [3.8, 4) is 11.4 Å². The van der Waals surface area contributed by atoms with E-state index in [4.69, 9.17) is 14.4 Å². The fourth-order valence-electron chi connectivity index (χ4n) is 5.95. The Kier molecular flexibility index (Phi) is 11.4. The average molecular weight is 622 g/mol. The number of aromatic nitrogens is 4. The van der Waals surface area contributed by atoms with Crippen molar-refractivity contribution in [1.29, 1.82) is 0 Å². The zero-order valence-corrected chi connectivity index (χ0v) is 26.5. The maximum Gasteiger partial charge on any atom is 0.290 e. The highest BCUT2D eigenvalue weighted by molar-refractivity contribution is 5.95. The molecule has 0 fully saturated rings. The van der Waals surface area contributed by atoms with Gasteiger partial charge < -0.3 is 24.7 Å². The van der Waals surface area contributed by atoms with Crippen LogP contribution in [0, 0.1) is 12.8 Å². The molecule has 13 nitrogen and oxygen atoms in total. The van der Waals surface area contributed by atoms with Crippen molar-refractivity contribution in [3.05, 3.63) is 52.7 Å². The van der Waals surface area contributed by atoms with Crippen LogP contribution in [0.1, 0.15) is 83.9 Å². The number of nitrogens with zero attached hydrogens (tertiary/aromatic N) is 6. The molecule has 45 heavy (non-hydrogen) atoms. The van der Waals surface area contributed by atoms with Gasteiger partial charge in [0.15, 0.2) is 5.69 Å². The first kappa shape index (κ1) is 33.3. The van der Waals surface area contributed by atoms with Crippen LogP contribution in [-0.2, 0) is 29.5 Å². The topological polar surface area (TPSA) is 164 Å². The molecule has 3 heterocycles. The number of rotatable bonds is 5. The smallest absolute Gasteiger partial charge is 0.290 e. The number of hydrogen-bond donors (Lipinski definition) is 2. The van der Waals surface area contributed by atoms with Crippen LogP contribution >= 0.6 is 0 Å². The van der Waals surface area contributed by atoms with Crippen LogP contribution in [0.3, 0.4) is 0 Å². The molecule has 3 amide bonds. The number of carbonyl (C=O) groups excluding carboxylic acids is 3. The lowest BCUT2D eigenvalue weighted by molar-refractivity contribution is -0.134. The number of carboxylic acid groups (broad SMARTS) is 1. The van der Waals surface area contributed by atoms with Crippen molar-refractivity contribution >= 4 is 24.2 Å². The van der Waals surface area contributed by atoms with Gasteiger partial charge in [-0.2, -0.15) is 10.1 Å². The van der Waals surface area contributed by atoms with Crippen molar-refractivity contribution in [3.63, 3.8) is 0 Å². The minimum atomic E-state index is -0.250. The minimum Gasteiger partial charge on any atom is -0.483 e. The Morgan fingerprint density at radius 1 is 1.20 bits per heavy atom. The van der Waals surface area contributed by atoms with Crippen LogP contribution in [0.5, 0.6) is 0 Å². The maximum atomic E-state index is 13.7. The molecular formula is C32H43N7O6. The normalized spacial score (nSPS) is 17.6. The van der Waals surface area contributed by atoms with Gasteiger partial charge in [-0.05, 0) is 56.6 Å². The maximum absolute atomic E-state index is 13.7. The average Bonchev–Trinajstić information content (AvgIpc) is 3.60. The van der Waals surface area contributed by atoms with Gasteiger partial charge in [0.2, 0.25) is 17.6 Å². The predicted molar refractivity (Wildman–Crippen MR) is 165 cm³/mol. The molecule has 1 unspecified atom stereocenters. The van der Waals surface area contributed by atoms with E-state index in [1.165, 1.54) is 0 Å². The highest BCUT2D eigenvalue weighted by atomic mass is 16.5. The molecule has 0 saturated carbocycles. The molecule has 0 radical (unpaired) electrons. The van der Waals surface area contributed by atoms with E-state index < -0.39 is 0 Å². The molecule has 1 aliphatic carbocycles. The zero-order chi connectivity index (χ0) is 32.5. The molecule has 0 spiro atoms.